The van der Waals surface area contributed by atoms with Crippen molar-refractivity contribution in [1.82, 2.24) is 0 Å². The first kappa shape index (κ1) is 35.3. The number of aliphatic hydroxyl groups excluding tert-OH is 2. The minimum absolute atomic E-state index is 0.0574. The Hall–Kier alpha value is -2.94. The van der Waals surface area contributed by atoms with Gasteiger partial charge in [0, 0.05) is 11.8 Å². The van der Waals surface area contributed by atoms with Crippen molar-refractivity contribution in [1.29, 1.82) is 0 Å². The van der Waals surface area contributed by atoms with Crippen LogP contribution in [0.25, 0.3) is 0 Å². The second kappa shape index (κ2) is 16.1. The summed E-state index contributed by atoms with van der Waals surface area (Å²) < 4.78 is 0. The predicted octanol–water partition coefficient (Wildman–Crippen LogP) is 10.3. The molecule has 4 unspecified atom stereocenters. The van der Waals surface area contributed by atoms with Gasteiger partial charge in [-0.25, -0.2) is 0 Å². The van der Waals surface area contributed by atoms with Crippen LogP contribution in [-0.2, 0) is 0 Å². The molecule has 2 aliphatic rings. The number of hydrogen-bond acceptors (Lipinski definition) is 2. The molecule has 0 aliphatic heterocycles. The quantitative estimate of drug-likeness (QED) is 0.203. The third-order valence-corrected chi connectivity index (χ3v) is 8.41. The Morgan fingerprint density at radius 1 is 0.571 bits per heavy atom. The van der Waals surface area contributed by atoms with E-state index in [1.807, 2.05) is 12.2 Å². The molecule has 2 N–H and O–H groups in total. The van der Waals surface area contributed by atoms with Crippen molar-refractivity contribution in [2.24, 2.45) is 22.7 Å². The van der Waals surface area contributed by atoms with Gasteiger partial charge in [0.1, 0.15) is 0 Å². The van der Waals surface area contributed by atoms with Crippen LogP contribution in [0.1, 0.15) is 82.1 Å². The average Bonchev–Trinajstić information content (AvgIpc) is 2.84. The van der Waals surface area contributed by atoms with Crippen LogP contribution >= 0.6 is 0 Å². The van der Waals surface area contributed by atoms with Gasteiger partial charge in [0.25, 0.3) is 0 Å². The molecule has 0 aromatic carbocycles. The molecule has 2 rings (SSSR count). The van der Waals surface area contributed by atoms with Gasteiger partial charge in [-0.15, -0.1) is 0 Å². The second-order valence-corrected chi connectivity index (χ2v) is 13.8. The van der Waals surface area contributed by atoms with Crippen LogP contribution in [0.15, 0.2) is 131 Å². The molecule has 42 heavy (non-hydrogen) atoms. The summed E-state index contributed by atoms with van der Waals surface area (Å²) in [6, 6.07) is 0. The monoisotopic (exact) mass is 568 g/mol. The van der Waals surface area contributed by atoms with Crippen LogP contribution in [-0.4, -0.2) is 22.4 Å². The van der Waals surface area contributed by atoms with Crippen LogP contribution in [0.3, 0.4) is 0 Å². The van der Waals surface area contributed by atoms with Gasteiger partial charge in [-0.05, 0) is 65.2 Å². The number of aliphatic hydroxyl groups is 2. The highest BCUT2D eigenvalue weighted by molar-refractivity contribution is 5.33. The van der Waals surface area contributed by atoms with Crippen molar-refractivity contribution in [2.45, 2.75) is 94.3 Å². The summed E-state index contributed by atoms with van der Waals surface area (Å²) in [5.41, 5.74) is 7.40. The van der Waals surface area contributed by atoms with Crippen molar-refractivity contribution in [3.8, 4) is 0 Å². The Morgan fingerprint density at radius 3 is 1.21 bits per heavy atom. The van der Waals surface area contributed by atoms with E-state index in [4.69, 9.17) is 0 Å². The molecule has 0 bridgehead atoms. The molecule has 0 amide bonds. The van der Waals surface area contributed by atoms with Gasteiger partial charge in [0.2, 0.25) is 0 Å². The zero-order valence-corrected chi connectivity index (χ0v) is 27.9. The Labute approximate surface area is 257 Å². The average molecular weight is 569 g/mol. The van der Waals surface area contributed by atoms with Crippen molar-refractivity contribution in [3.05, 3.63) is 131 Å². The van der Waals surface area contributed by atoms with E-state index in [1.54, 1.807) is 0 Å². The Bertz CT molecular complexity index is 1160. The van der Waals surface area contributed by atoms with Crippen molar-refractivity contribution < 1.29 is 10.2 Å². The SMILES string of the molecule is CC(C=CC1C(C)=CC(O)CC1(C)C)=CC=CC(C)=C/C=C/C=C(C)/C=C/C=C(C)/C=C/C1C(C)=CC(O)CC1(C)C. The third-order valence-electron chi connectivity index (χ3n) is 8.41. The summed E-state index contributed by atoms with van der Waals surface area (Å²) in [4.78, 5) is 0. The molecule has 0 aromatic rings. The van der Waals surface area contributed by atoms with E-state index in [0.717, 1.165) is 12.8 Å². The van der Waals surface area contributed by atoms with E-state index in [1.165, 1.54) is 33.4 Å². The van der Waals surface area contributed by atoms with E-state index >= 15 is 0 Å². The molecule has 4 atom stereocenters. The molecule has 0 spiro atoms. The van der Waals surface area contributed by atoms with Gasteiger partial charge in [-0.2, -0.15) is 0 Å². The molecule has 2 nitrogen and oxygen atoms in total. The first-order valence-electron chi connectivity index (χ1n) is 15.4. The molecule has 0 saturated heterocycles. The van der Waals surface area contributed by atoms with Gasteiger partial charge >= 0.3 is 0 Å². The minimum Gasteiger partial charge on any atom is -0.389 e. The fourth-order valence-corrected chi connectivity index (χ4v) is 6.16. The minimum atomic E-state index is -0.331. The summed E-state index contributed by atoms with van der Waals surface area (Å²) in [5.74, 6) is 0.696. The summed E-state index contributed by atoms with van der Waals surface area (Å²) in [6.07, 6.45) is 35.0. The van der Waals surface area contributed by atoms with Gasteiger partial charge in [-0.3, -0.25) is 0 Å². The second-order valence-electron chi connectivity index (χ2n) is 13.8. The van der Waals surface area contributed by atoms with E-state index in [0.29, 0.717) is 11.8 Å². The maximum atomic E-state index is 10.1. The lowest BCUT2D eigenvalue weighted by Crippen LogP contribution is -2.32. The molecule has 2 aliphatic carbocycles. The molecule has 0 saturated carbocycles. The Morgan fingerprint density at radius 2 is 0.881 bits per heavy atom. The smallest absolute Gasteiger partial charge is 0.0729 e. The first-order chi connectivity index (χ1) is 19.6. The van der Waals surface area contributed by atoms with Crippen LogP contribution in [0.4, 0.5) is 0 Å². The number of hydrogen-bond donors (Lipinski definition) is 2. The highest BCUT2D eigenvalue weighted by Crippen LogP contribution is 2.42. The van der Waals surface area contributed by atoms with Crippen LogP contribution in [0, 0.1) is 22.7 Å². The molecule has 0 heterocycles. The molecule has 2 heteroatoms. The number of allylic oxidation sites excluding steroid dienone is 20. The molecular weight excluding hydrogens is 512 g/mol. The molecule has 0 aromatic heterocycles. The first-order valence-corrected chi connectivity index (χ1v) is 15.4. The lowest BCUT2D eigenvalue weighted by atomic mass is 9.67. The molecular formula is C40H56O2. The normalized spacial score (nSPS) is 28.1. The Kier molecular flexibility index (Phi) is 13.5. The summed E-state index contributed by atoms with van der Waals surface area (Å²) in [6.45, 7) is 21.6. The van der Waals surface area contributed by atoms with Crippen LogP contribution in [0.5, 0.6) is 0 Å². The van der Waals surface area contributed by atoms with E-state index in [9.17, 15) is 10.2 Å². The van der Waals surface area contributed by atoms with Gasteiger partial charge in [-0.1, -0.05) is 158 Å². The van der Waals surface area contributed by atoms with Crippen LogP contribution < -0.4 is 0 Å². The lowest BCUT2D eigenvalue weighted by Gasteiger charge is -2.38. The zero-order chi connectivity index (χ0) is 31.5. The summed E-state index contributed by atoms with van der Waals surface area (Å²) in [7, 11) is 0. The largest absolute Gasteiger partial charge is 0.389 e. The fourth-order valence-electron chi connectivity index (χ4n) is 6.16. The number of rotatable bonds is 10. The summed E-state index contributed by atoms with van der Waals surface area (Å²) in [5, 5.41) is 20.1. The maximum Gasteiger partial charge on any atom is 0.0729 e. The molecule has 0 radical (unpaired) electrons. The highest BCUT2D eigenvalue weighted by Gasteiger charge is 2.35. The zero-order valence-electron chi connectivity index (χ0n) is 27.9. The fraction of sp³-hybridized carbons (Fsp3) is 0.450. The Balaban J connectivity index is 1.89. The highest BCUT2D eigenvalue weighted by atomic mass is 16.3. The van der Waals surface area contributed by atoms with Gasteiger partial charge in [0.05, 0.1) is 12.2 Å². The van der Waals surface area contributed by atoms with Gasteiger partial charge < -0.3 is 10.2 Å². The van der Waals surface area contributed by atoms with E-state index in [-0.39, 0.29) is 23.0 Å². The van der Waals surface area contributed by atoms with Crippen molar-refractivity contribution in [2.75, 3.05) is 0 Å². The predicted molar refractivity (Wildman–Crippen MR) is 184 cm³/mol. The topological polar surface area (TPSA) is 40.5 Å². The van der Waals surface area contributed by atoms with E-state index < -0.39 is 0 Å². The molecule has 228 valence electrons. The molecule has 0 fully saturated rings. The van der Waals surface area contributed by atoms with E-state index in [2.05, 4.69) is 154 Å². The van der Waals surface area contributed by atoms with Crippen molar-refractivity contribution in [3.63, 3.8) is 0 Å². The van der Waals surface area contributed by atoms with Crippen LogP contribution in [0.2, 0.25) is 0 Å². The third kappa shape index (κ3) is 11.7. The van der Waals surface area contributed by atoms with Gasteiger partial charge in [0.15, 0.2) is 0 Å². The standard InChI is InChI=1S/C40H56O2/c1-29(17-13-19-31(3)21-23-37-33(5)25-35(41)27-39(37,7)8)15-11-12-16-30(2)18-14-20-32(4)22-24-38-34(6)26-36(42)28-40(38,9)10/h11-26,35-38,41-42H,27-28H2,1-10H3/b12-11+,17-13+,18-14?,23-21+,24-22?,29-15+,30-16?,31-19+,32-20?. The maximum absolute atomic E-state index is 10.1. The van der Waals surface area contributed by atoms with Crippen molar-refractivity contribution >= 4 is 0 Å². The summed E-state index contributed by atoms with van der Waals surface area (Å²) >= 11 is 0. The lowest BCUT2D eigenvalue weighted by molar-refractivity contribution is 0.117.